The molecule has 1 saturated heterocycles. The highest BCUT2D eigenvalue weighted by atomic mass is 79.9. The van der Waals surface area contributed by atoms with E-state index in [0.717, 1.165) is 29.3 Å². The lowest BCUT2D eigenvalue weighted by Crippen LogP contribution is -2.33. The zero-order valence-electron chi connectivity index (χ0n) is 10.3. The van der Waals surface area contributed by atoms with Crippen LogP contribution in [0.2, 0.25) is 0 Å². The van der Waals surface area contributed by atoms with E-state index in [1.54, 1.807) is 0 Å². The maximum Gasteiger partial charge on any atom is 0.253 e. The molecule has 0 saturated carbocycles. The number of carbonyl (C=O) groups is 1. The summed E-state index contributed by atoms with van der Waals surface area (Å²) in [5.41, 5.74) is 8.13. The van der Waals surface area contributed by atoms with E-state index in [1.165, 1.54) is 0 Å². The van der Waals surface area contributed by atoms with Crippen LogP contribution in [0.5, 0.6) is 0 Å². The zero-order valence-corrected chi connectivity index (χ0v) is 11.9. The van der Waals surface area contributed by atoms with E-state index in [2.05, 4.69) is 21.2 Å². The lowest BCUT2D eigenvalue weighted by atomic mass is 10.1. The Morgan fingerprint density at radius 2 is 2.28 bits per heavy atom. The molecule has 0 spiro atoms. The molecule has 1 aromatic carbocycles. The van der Waals surface area contributed by atoms with E-state index in [9.17, 15) is 4.79 Å². The molecule has 98 valence electrons. The fraction of sp³-hybridized carbons (Fsp3) is 0.462. The number of hydrogen-bond donors (Lipinski definition) is 2. The second kappa shape index (κ2) is 5.71. The summed E-state index contributed by atoms with van der Waals surface area (Å²) in [5, 5.41) is 2.84. The highest BCUT2D eigenvalue weighted by molar-refractivity contribution is 9.10. The van der Waals surface area contributed by atoms with E-state index in [1.807, 2.05) is 19.1 Å². The summed E-state index contributed by atoms with van der Waals surface area (Å²) in [7, 11) is 0. The molecule has 4 nitrogen and oxygen atoms in total. The van der Waals surface area contributed by atoms with E-state index in [4.69, 9.17) is 10.5 Å². The van der Waals surface area contributed by atoms with Gasteiger partial charge >= 0.3 is 0 Å². The standard InChI is InChI=1S/C13H17BrN2O2/c1-8-6-9(14)7-10(12(8)15)16-13(17)11-4-2-3-5-18-11/h6-7,11H,2-5,15H2,1H3,(H,16,17). The Morgan fingerprint density at radius 1 is 1.50 bits per heavy atom. The van der Waals surface area contributed by atoms with Gasteiger partial charge in [0, 0.05) is 11.1 Å². The molecule has 1 aliphatic heterocycles. The number of carbonyl (C=O) groups excluding carboxylic acids is 1. The highest BCUT2D eigenvalue weighted by Crippen LogP contribution is 2.28. The van der Waals surface area contributed by atoms with Crippen molar-refractivity contribution in [2.75, 3.05) is 17.7 Å². The van der Waals surface area contributed by atoms with Crippen molar-refractivity contribution in [1.29, 1.82) is 0 Å². The molecule has 1 fully saturated rings. The average molecular weight is 313 g/mol. The third kappa shape index (κ3) is 3.03. The Labute approximate surface area is 115 Å². The number of anilines is 2. The number of halogens is 1. The maximum absolute atomic E-state index is 12.0. The quantitative estimate of drug-likeness (QED) is 0.825. The molecule has 1 amide bonds. The average Bonchev–Trinajstić information content (AvgIpc) is 2.36. The van der Waals surface area contributed by atoms with Gasteiger partial charge < -0.3 is 15.8 Å². The van der Waals surface area contributed by atoms with Gasteiger partial charge in [0.15, 0.2) is 0 Å². The summed E-state index contributed by atoms with van der Waals surface area (Å²) < 4.78 is 6.34. The van der Waals surface area contributed by atoms with Gasteiger partial charge in [-0.05, 0) is 43.9 Å². The van der Waals surface area contributed by atoms with Crippen LogP contribution >= 0.6 is 15.9 Å². The molecule has 1 aromatic rings. The molecule has 1 aliphatic rings. The third-order valence-electron chi connectivity index (χ3n) is 3.08. The molecule has 0 aromatic heterocycles. The van der Waals surface area contributed by atoms with E-state index >= 15 is 0 Å². The number of rotatable bonds is 2. The predicted molar refractivity (Wildman–Crippen MR) is 75.5 cm³/mol. The largest absolute Gasteiger partial charge is 0.397 e. The minimum Gasteiger partial charge on any atom is -0.397 e. The summed E-state index contributed by atoms with van der Waals surface area (Å²) >= 11 is 3.39. The summed E-state index contributed by atoms with van der Waals surface area (Å²) in [5.74, 6) is -0.112. The molecule has 5 heteroatoms. The Morgan fingerprint density at radius 3 is 2.94 bits per heavy atom. The van der Waals surface area contributed by atoms with E-state index in [0.29, 0.717) is 18.0 Å². The number of nitrogen functional groups attached to an aromatic ring is 1. The van der Waals surface area contributed by atoms with Gasteiger partial charge in [-0.1, -0.05) is 15.9 Å². The number of amides is 1. The van der Waals surface area contributed by atoms with Crippen LogP contribution in [0.25, 0.3) is 0 Å². The molecule has 0 aliphatic carbocycles. The van der Waals surface area contributed by atoms with Crippen LogP contribution in [0.4, 0.5) is 11.4 Å². The Balaban J connectivity index is 2.11. The first-order chi connectivity index (χ1) is 8.58. The number of nitrogens with two attached hydrogens (primary N) is 1. The summed E-state index contributed by atoms with van der Waals surface area (Å²) in [6.45, 7) is 2.57. The van der Waals surface area contributed by atoms with Crippen LogP contribution in [-0.4, -0.2) is 18.6 Å². The number of nitrogens with one attached hydrogen (secondary N) is 1. The minimum absolute atomic E-state index is 0.112. The van der Waals surface area contributed by atoms with Crippen molar-refractivity contribution in [3.63, 3.8) is 0 Å². The highest BCUT2D eigenvalue weighted by Gasteiger charge is 2.22. The van der Waals surface area contributed by atoms with Crippen LogP contribution in [0, 0.1) is 6.92 Å². The van der Waals surface area contributed by atoms with Gasteiger partial charge in [0.25, 0.3) is 5.91 Å². The maximum atomic E-state index is 12.0. The van der Waals surface area contributed by atoms with Gasteiger partial charge in [-0.2, -0.15) is 0 Å². The van der Waals surface area contributed by atoms with Crippen molar-refractivity contribution in [2.24, 2.45) is 0 Å². The molecule has 1 heterocycles. The normalized spacial score (nSPS) is 19.6. The first kappa shape index (κ1) is 13.4. The fourth-order valence-corrected chi connectivity index (χ4v) is 2.59. The van der Waals surface area contributed by atoms with Crippen LogP contribution < -0.4 is 11.1 Å². The van der Waals surface area contributed by atoms with Crippen molar-refractivity contribution < 1.29 is 9.53 Å². The van der Waals surface area contributed by atoms with Gasteiger partial charge in [-0.15, -0.1) is 0 Å². The lowest BCUT2D eigenvalue weighted by Gasteiger charge is -2.22. The summed E-state index contributed by atoms with van der Waals surface area (Å²) in [6.07, 6.45) is 2.49. The zero-order chi connectivity index (χ0) is 13.1. The molecule has 1 atom stereocenters. The van der Waals surface area contributed by atoms with Crippen molar-refractivity contribution in [1.82, 2.24) is 0 Å². The Hall–Kier alpha value is -1.07. The second-order valence-electron chi connectivity index (χ2n) is 4.53. The van der Waals surface area contributed by atoms with E-state index in [-0.39, 0.29) is 12.0 Å². The molecule has 18 heavy (non-hydrogen) atoms. The molecule has 3 N–H and O–H groups in total. The predicted octanol–water partition coefficient (Wildman–Crippen LogP) is 2.85. The van der Waals surface area contributed by atoms with Gasteiger partial charge in [0.1, 0.15) is 6.10 Å². The molecule has 0 bridgehead atoms. The van der Waals surface area contributed by atoms with Crippen LogP contribution in [-0.2, 0) is 9.53 Å². The van der Waals surface area contributed by atoms with Crippen LogP contribution in [0.15, 0.2) is 16.6 Å². The summed E-state index contributed by atoms with van der Waals surface area (Å²) in [4.78, 5) is 12.0. The number of benzene rings is 1. The molecular formula is C13H17BrN2O2. The van der Waals surface area contributed by atoms with Crippen molar-refractivity contribution in [3.8, 4) is 0 Å². The van der Waals surface area contributed by atoms with Crippen molar-refractivity contribution in [3.05, 3.63) is 22.2 Å². The van der Waals surface area contributed by atoms with Crippen LogP contribution in [0.1, 0.15) is 24.8 Å². The summed E-state index contributed by atoms with van der Waals surface area (Å²) in [6, 6.07) is 3.73. The smallest absolute Gasteiger partial charge is 0.253 e. The van der Waals surface area contributed by atoms with Crippen molar-refractivity contribution in [2.45, 2.75) is 32.3 Å². The van der Waals surface area contributed by atoms with Gasteiger partial charge in [-0.25, -0.2) is 0 Å². The van der Waals surface area contributed by atoms with E-state index < -0.39 is 0 Å². The third-order valence-corrected chi connectivity index (χ3v) is 3.54. The van der Waals surface area contributed by atoms with Gasteiger partial charge in [-0.3, -0.25) is 4.79 Å². The minimum atomic E-state index is -0.350. The lowest BCUT2D eigenvalue weighted by molar-refractivity contribution is -0.129. The van der Waals surface area contributed by atoms with Crippen molar-refractivity contribution >= 4 is 33.2 Å². The molecule has 0 radical (unpaired) electrons. The fourth-order valence-electron chi connectivity index (χ4n) is 2.02. The van der Waals surface area contributed by atoms with Crippen LogP contribution in [0.3, 0.4) is 0 Å². The number of hydrogen-bond acceptors (Lipinski definition) is 3. The van der Waals surface area contributed by atoms with Gasteiger partial charge in [0.05, 0.1) is 11.4 Å². The number of aryl methyl sites for hydroxylation is 1. The monoisotopic (exact) mass is 312 g/mol. The number of ether oxygens (including phenoxy) is 1. The SMILES string of the molecule is Cc1cc(Br)cc(NC(=O)C2CCCCO2)c1N. The Bertz CT molecular complexity index is 457. The molecular weight excluding hydrogens is 296 g/mol. The van der Waals surface area contributed by atoms with Gasteiger partial charge in [0.2, 0.25) is 0 Å². The molecule has 1 unspecified atom stereocenters. The first-order valence-corrected chi connectivity index (χ1v) is 6.85. The molecule has 2 rings (SSSR count). The Kier molecular flexibility index (Phi) is 4.24. The topological polar surface area (TPSA) is 64.3 Å². The second-order valence-corrected chi connectivity index (χ2v) is 5.44. The first-order valence-electron chi connectivity index (χ1n) is 6.06.